The number of carbonyl (C=O) groups is 1. The minimum absolute atomic E-state index is 0.339. The molecule has 0 aromatic heterocycles. The molecule has 0 radical (unpaired) electrons. The van der Waals surface area contributed by atoms with E-state index >= 15 is 0 Å². The van der Waals surface area contributed by atoms with Crippen LogP contribution in [0, 0.1) is 5.92 Å². The summed E-state index contributed by atoms with van der Waals surface area (Å²) >= 11 is 2.46. The van der Waals surface area contributed by atoms with Gasteiger partial charge in [-0.3, -0.25) is 4.79 Å². The van der Waals surface area contributed by atoms with E-state index in [4.69, 9.17) is 0 Å². The van der Waals surface area contributed by atoms with E-state index in [1.54, 1.807) is 0 Å². The minimum Gasteiger partial charge on any atom is -0.295 e. The summed E-state index contributed by atoms with van der Waals surface area (Å²) in [6, 6.07) is 0. The molecule has 0 aromatic carbocycles. The van der Waals surface area contributed by atoms with Gasteiger partial charge in [0.2, 0.25) is 0 Å². The second-order valence-electron chi connectivity index (χ2n) is 3.41. The van der Waals surface area contributed by atoms with Gasteiger partial charge in [-0.2, -0.15) is 0 Å². The Morgan fingerprint density at radius 1 is 1.75 bits per heavy atom. The van der Waals surface area contributed by atoms with Crippen molar-refractivity contribution < 1.29 is 4.79 Å². The summed E-state index contributed by atoms with van der Waals surface area (Å²) in [6.45, 7) is 4.09. The first kappa shape index (κ1) is 10.2. The summed E-state index contributed by atoms with van der Waals surface area (Å²) in [6.07, 6.45) is 5.03. The first-order valence-electron chi connectivity index (χ1n) is 4.52. The Labute approximate surface area is 87.8 Å². The highest BCUT2D eigenvalue weighted by Gasteiger charge is 2.22. The Hall–Kier alpha value is 0.140. The molecule has 0 amide bonds. The zero-order chi connectivity index (χ0) is 9.14. The Bertz CT molecular complexity index is 208. The quantitative estimate of drug-likeness (QED) is 0.560. The van der Waals surface area contributed by atoms with Crippen molar-refractivity contribution in [1.82, 2.24) is 0 Å². The molecule has 0 aliphatic heterocycles. The molecule has 0 saturated carbocycles. The van der Waals surface area contributed by atoms with Gasteiger partial charge in [-0.1, -0.05) is 42.5 Å². The highest BCUT2D eigenvalue weighted by atomic mass is 127. The lowest BCUT2D eigenvalue weighted by atomic mass is 9.86. The highest BCUT2D eigenvalue weighted by molar-refractivity contribution is 14.1. The van der Waals surface area contributed by atoms with E-state index in [0.717, 1.165) is 22.3 Å². The maximum atomic E-state index is 11.4. The van der Waals surface area contributed by atoms with Crippen LogP contribution in [-0.2, 0) is 4.79 Å². The molecule has 1 unspecified atom stereocenters. The van der Waals surface area contributed by atoms with E-state index in [1.807, 2.05) is 6.92 Å². The summed E-state index contributed by atoms with van der Waals surface area (Å²) in [5.41, 5.74) is 1.07. The Kier molecular flexibility index (Phi) is 3.75. The fourth-order valence-corrected chi connectivity index (χ4v) is 2.67. The SMILES string of the molecule is CCC(=O)C1=CCC(I)C[C@@H]1C. The summed E-state index contributed by atoms with van der Waals surface area (Å²) in [4.78, 5) is 11.4. The van der Waals surface area contributed by atoms with Crippen molar-refractivity contribution in [3.05, 3.63) is 11.6 Å². The van der Waals surface area contributed by atoms with Crippen LogP contribution in [0.2, 0.25) is 0 Å². The second kappa shape index (κ2) is 4.40. The first-order valence-corrected chi connectivity index (χ1v) is 5.77. The molecule has 0 N–H and O–H groups in total. The number of hydrogen-bond acceptors (Lipinski definition) is 1. The number of ketones is 1. The number of Topliss-reactive ketones (excluding diaryl/α,β-unsaturated/α-hetero) is 1. The predicted octanol–water partition coefficient (Wildman–Crippen LogP) is 3.13. The molecule has 0 fully saturated rings. The predicted molar refractivity (Wildman–Crippen MR) is 59.6 cm³/mol. The van der Waals surface area contributed by atoms with Crippen molar-refractivity contribution in [2.75, 3.05) is 0 Å². The number of allylic oxidation sites excluding steroid dienone is 2. The van der Waals surface area contributed by atoms with E-state index in [-0.39, 0.29) is 0 Å². The molecule has 0 bridgehead atoms. The molecule has 1 nitrogen and oxygen atoms in total. The maximum Gasteiger partial charge on any atom is 0.158 e. The van der Waals surface area contributed by atoms with Crippen molar-refractivity contribution in [3.8, 4) is 0 Å². The molecular weight excluding hydrogens is 263 g/mol. The molecule has 1 aliphatic rings. The van der Waals surface area contributed by atoms with E-state index in [1.165, 1.54) is 0 Å². The number of rotatable bonds is 2. The van der Waals surface area contributed by atoms with Crippen LogP contribution in [0.25, 0.3) is 0 Å². The van der Waals surface area contributed by atoms with Gasteiger partial charge in [0.05, 0.1) is 0 Å². The van der Waals surface area contributed by atoms with E-state index in [9.17, 15) is 4.79 Å². The summed E-state index contributed by atoms with van der Waals surface area (Å²) < 4.78 is 0.728. The average Bonchev–Trinajstić information content (AvgIpc) is 2.03. The van der Waals surface area contributed by atoms with Crippen molar-refractivity contribution in [3.63, 3.8) is 0 Å². The van der Waals surface area contributed by atoms with Gasteiger partial charge in [-0.05, 0) is 24.3 Å². The smallest absolute Gasteiger partial charge is 0.158 e. The van der Waals surface area contributed by atoms with Crippen LogP contribution in [0.3, 0.4) is 0 Å². The average molecular weight is 278 g/mol. The van der Waals surface area contributed by atoms with E-state index in [2.05, 4.69) is 35.6 Å². The Morgan fingerprint density at radius 3 is 2.92 bits per heavy atom. The third-order valence-corrected chi connectivity index (χ3v) is 3.39. The molecule has 2 heteroatoms. The van der Waals surface area contributed by atoms with Gasteiger partial charge in [0.1, 0.15) is 0 Å². The Morgan fingerprint density at radius 2 is 2.42 bits per heavy atom. The van der Waals surface area contributed by atoms with Crippen LogP contribution >= 0.6 is 22.6 Å². The fraction of sp³-hybridized carbons (Fsp3) is 0.700. The number of carbonyl (C=O) groups excluding carboxylic acids is 1. The van der Waals surface area contributed by atoms with Crippen molar-refractivity contribution in [2.45, 2.75) is 37.0 Å². The molecule has 12 heavy (non-hydrogen) atoms. The summed E-state index contributed by atoms with van der Waals surface area (Å²) in [5.74, 6) is 0.818. The monoisotopic (exact) mass is 278 g/mol. The van der Waals surface area contributed by atoms with Crippen LogP contribution in [0.4, 0.5) is 0 Å². The topological polar surface area (TPSA) is 17.1 Å². The van der Waals surface area contributed by atoms with Crippen LogP contribution in [0.15, 0.2) is 11.6 Å². The van der Waals surface area contributed by atoms with Crippen LogP contribution in [0.1, 0.15) is 33.1 Å². The zero-order valence-corrected chi connectivity index (χ0v) is 9.80. The van der Waals surface area contributed by atoms with Crippen molar-refractivity contribution in [2.24, 2.45) is 5.92 Å². The highest BCUT2D eigenvalue weighted by Crippen LogP contribution is 2.29. The summed E-state index contributed by atoms with van der Waals surface area (Å²) in [5, 5.41) is 0. The second-order valence-corrected chi connectivity index (χ2v) is 5.17. The van der Waals surface area contributed by atoms with Crippen molar-refractivity contribution in [1.29, 1.82) is 0 Å². The van der Waals surface area contributed by atoms with Gasteiger partial charge in [0.25, 0.3) is 0 Å². The first-order chi connectivity index (χ1) is 5.65. The van der Waals surface area contributed by atoms with Gasteiger partial charge in [0, 0.05) is 10.3 Å². The molecule has 0 aromatic rings. The Balaban J connectivity index is 2.70. The zero-order valence-electron chi connectivity index (χ0n) is 7.64. The molecule has 2 atom stereocenters. The standard InChI is InChI=1S/C10H15IO/c1-3-10(12)9-5-4-8(11)6-7(9)2/h5,7-8H,3-4,6H2,1-2H3/t7-,8?/m0/s1. The molecular formula is C10H15IO. The minimum atomic E-state index is 0.339. The molecule has 68 valence electrons. The van der Waals surface area contributed by atoms with Crippen LogP contribution in [-0.4, -0.2) is 9.71 Å². The van der Waals surface area contributed by atoms with Crippen molar-refractivity contribution >= 4 is 28.4 Å². The summed E-state index contributed by atoms with van der Waals surface area (Å²) in [7, 11) is 0. The molecule has 0 saturated heterocycles. The van der Waals surface area contributed by atoms with E-state index < -0.39 is 0 Å². The normalized spacial score (nSPS) is 29.8. The lowest BCUT2D eigenvalue weighted by Gasteiger charge is -2.22. The van der Waals surface area contributed by atoms with Gasteiger partial charge in [0.15, 0.2) is 5.78 Å². The van der Waals surface area contributed by atoms with E-state index in [0.29, 0.717) is 18.1 Å². The van der Waals surface area contributed by atoms with Gasteiger partial charge in [-0.15, -0.1) is 0 Å². The van der Waals surface area contributed by atoms with Gasteiger partial charge < -0.3 is 0 Å². The number of alkyl halides is 1. The fourth-order valence-electron chi connectivity index (χ4n) is 1.66. The third-order valence-electron chi connectivity index (χ3n) is 2.38. The molecule has 1 aliphatic carbocycles. The van der Waals surface area contributed by atoms with Crippen LogP contribution in [0.5, 0.6) is 0 Å². The molecule has 1 rings (SSSR count). The van der Waals surface area contributed by atoms with Gasteiger partial charge in [-0.25, -0.2) is 0 Å². The molecule has 0 spiro atoms. The largest absolute Gasteiger partial charge is 0.295 e. The number of halogens is 1. The van der Waals surface area contributed by atoms with Crippen LogP contribution < -0.4 is 0 Å². The lowest BCUT2D eigenvalue weighted by Crippen LogP contribution is -2.18. The number of hydrogen-bond donors (Lipinski definition) is 0. The maximum absolute atomic E-state index is 11.4. The van der Waals surface area contributed by atoms with Gasteiger partial charge >= 0.3 is 0 Å². The molecule has 0 heterocycles. The third kappa shape index (κ3) is 2.31. The lowest BCUT2D eigenvalue weighted by molar-refractivity contribution is -0.115.